The molecule has 0 aliphatic carbocycles. The molecular formula is C15H18BrN3O2. The SMILES string of the molecule is COc1nc(NC(C)COc2ccc(C)cc2)ncc1Br. The minimum Gasteiger partial charge on any atom is -0.491 e. The van der Waals surface area contributed by atoms with Crippen LogP contribution < -0.4 is 14.8 Å². The largest absolute Gasteiger partial charge is 0.491 e. The van der Waals surface area contributed by atoms with E-state index in [2.05, 4.69) is 31.2 Å². The van der Waals surface area contributed by atoms with Crippen molar-refractivity contribution in [1.29, 1.82) is 0 Å². The average molecular weight is 352 g/mol. The Kier molecular flexibility index (Phi) is 5.38. The maximum atomic E-state index is 5.72. The fourth-order valence-electron chi connectivity index (χ4n) is 1.68. The first-order valence-corrected chi connectivity index (χ1v) is 7.40. The van der Waals surface area contributed by atoms with E-state index >= 15 is 0 Å². The van der Waals surface area contributed by atoms with Crippen LogP contribution in [0.15, 0.2) is 34.9 Å². The highest BCUT2D eigenvalue weighted by Gasteiger charge is 2.08. The zero-order valence-electron chi connectivity index (χ0n) is 12.3. The van der Waals surface area contributed by atoms with Gasteiger partial charge in [0.15, 0.2) is 0 Å². The van der Waals surface area contributed by atoms with Crippen LogP contribution in [0.5, 0.6) is 11.6 Å². The molecular weight excluding hydrogens is 334 g/mol. The van der Waals surface area contributed by atoms with Crippen LogP contribution in [0.25, 0.3) is 0 Å². The number of benzene rings is 1. The standard InChI is InChI=1S/C15H18BrN3O2/c1-10-4-6-12(7-5-10)21-9-11(2)18-15-17-8-13(16)14(19-15)20-3/h4-8,11H,9H2,1-3H3,(H,17,18,19). The summed E-state index contributed by atoms with van der Waals surface area (Å²) in [7, 11) is 1.57. The first-order chi connectivity index (χ1) is 10.1. The second-order valence-electron chi connectivity index (χ2n) is 4.72. The fourth-order valence-corrected chi connectivity index (χ4v) is 2.03. The van der Waals surface area contributed by atoms with Crippen molar-refractivity contribution in [2.45, 2.75) is 19.9 Å². The van der Waals surface area contributed by atoms with E-state index in [9.17, 15) is 0 Å². The van der Waals surface area contributed by atoms with E-state index in [0.717, 1.165) is 10.2 Å². The van der Waals surface area contributed by atoms with Crippen molar-refractivity contribution in [2.75, 3.05) is 19.0 Å². The molecule has 0 saturated heterocycles. The molecule has 0 amide bonds. The Morgan fingerprint density at radius 1 is 1.29 bits per heavy atom. The number of hydrogen-bond acceptors (Lipinski definition) is 5. The number of ether oxygens (including phenoxy) is 2. The van der Waals surface area contributed by atoms with Gasteiger partial charge in [-0.1, -0.05) is 17.7 Å². The predicted octanol–water partition coefficient (Wildman–Crippen LogP) is 3.44. The average Bonchev–Trinajstić information content (AvgIpc) is 2.48. The van der Waals surface area contributed by atoms with Gasteiger partial charge in [-0.15, -0.1) is 0 Å². The van der Waals surface area contributed by atoms with Crippen LogP contribution in [-0.2, 0) is 0 Å². The fraction of sp³-hybridized carbons (Fsp3) is 0.333. The number of anilines is 1. The molecule has 1 unspecified atom stereocenters. The lowest BCUT2D eigenvalue weighted by Crippen LogP contribution is -2.24. The quantitative estimate of drug-likeness (QED) is 0.863. The molecule has 112 valence electrons. The van der Waals surface area contributed by atoms with Gasteiger partial charge in [-0.05, 0) is 41.9 Å². The maximum absolute atomic E-state index is 5.72. The van der Waals surface area contributed by atoms with Gasteiger partial charge in [-0.2, -0.15) is 4.98 Å². The van der Waals surface area contributed by atoms with Crippen molar-refractivity contribution in [3.8, 4) is 11.6 Å². The molecule has 0 fully saturated rings. The highest BCUT2D eigenvalue weighted by molar-refractivity contribution is 9.10. The molecule has 21 heavy (non-hydrogen) atoms. The van der Waals surface area contributed by atoms with E-state index in [0.29, 0.717) is 18.4 Å². The Morgan fingerprint density at radius 2 is 2.00 bits per heavy atom. The summed E-state index contributed by atoms with van der Waals surface area (Å²) in [6.07, 6.45) is 1.65. The normalized spacial score (nSPS) is 11.8. The van der Waals surface area contributed by atoms with Crippen molar-refractivity contribution in [3.63, 3.8) is 0 Å². The van der Waals surface area contributed by atoms with Gasteiger partial charge >= 0.3 is 0 Å². The lowest BCUT2D eigenvalue weighted by Gasteiger charge is -2.15. The summed E-state index contributed by atoms with van der Waals surface area (Å²) in [6, 6.07) is 8.03. The van der Waals surface area contributed by atoms with Gasteiger partial charge < -0.3 is 14.8 Å². The van der Waals surface area contributed by atoms with Gasteiger partial charge in [0.1, 0.15) is 12.4 Å². The molecule has 2 rings (SSSR count). The zero-order valence-corrected chi connectivity index (χ0v) is 13.8. The smallest absolute Gasteiger partial charge is 0.232 e. The zero-order chi connectivity index (χ0) is 15.2. The lowest BCUT2D eigenvalue weighted by molar-refractivity contribution is 0.303. The van der Waals surface area contributed by atoms with Gasteiger partial charge in [0.2, 0.25) is 11.8 Å². The summed E-state index contributed by atoms with van der Waals surface area (Å²) in [5.74, 6) is 1.86. The number of nitrogens with zero attached hydrogens (tertiary/aromatic N) is 2. The van der Waals surface area contributed by atoms with Crippen LogP contribution in [-0.4, -0.2) is 29.7 Å². The second kappa shape index (κ2) is 7.26. The molecule has 0 aliphatic rings. The van der Waals surface area contributed by atoms with Gasteiger partial charge in [0.25, 0.3) is 0 Å². The Balaban J connectivity index is 1.89. The van der Waals surface area contributed by atoms with Crippen LogP contribution in [0, 0.1) is 6.92 Å². The Hall–Kier alpha value is -1.82. The van der Waals surface area contributed by atoms with Gasteiger partial charge in [0.05, 0.1) is 23.8 Å². The summed E-state index contributed by atoms with van der Waals surface area (Å²) in [5.41, 5.74) is 1.21. The highest BCUT2D eigenvalue weighted by atomic mass is 79.9. The summed E-state index contributed by atoms with van der Waals surface area (Å²) in [6.45, 7) is 4.57. The summed E-state index contributed by atoms with van der Waals surface area (Å²) >= 11 is 3.32. The molecule has 5 nitrogen and oxygen atoms in total. The summed E-state index contributed by atoms with van der Waals surface area (Å²) < 4.78 is 11.6. The topological polar surface area (TPSA) is 56.3 Å². The molecule has 2 aromatic rings. The number of hydrogen-bond donors (Lipinski definition) is 1. The van der Waals surface area contributed by atoms with Crippen LogP contribution in [0.2, 0.25) is 0 Å². The summed E-state index contributed by atoms with van der Waals surface area (Å²) in [5, 5.41) is 3.18. The number of halogens is 1. The van der Waals surface area contributed by atoms with Crippen molar-refractivity contribution >= 4 is 21.9 Å². The molecule has 1 aromatic heterocycles. The van der Waals surface area contributed by atoms with E-state index < -0.39 is 0 Å². The van der Waals surface area contributed by atoms with E-state index in [4.69, 9.17) is 9.47 Å². The van der Waals surface area contributed by atoms with E-state index in [1.54, 1.807) is 13.3 Å². The number of nitrogens with one attached hydrogen (secondary N) is 1. The first-order valence-electron chi connectivity index (χ1n) is 6.61. The molecule has 0 aliphatic heterocycles. The van der Waals surface area contributed by atoms with E-state index in [-0.39, 0.29) is 6.04 Å². The molecule has 6 heteroatoms. The molecule has 1 N–H and O–H groups in total. The third-order valence-corrected chi connectivity index (χ3v) is 3.35. The lowest BCUT2D eigenvalue weighted by atomic mass is 10.2. The molecule has 0 saturated carbocycles. The number of aromatic nitrogens is 2. The predicted molar refractivity (Wildman–Crippen MR) is 86.0 cm³/mol. The van der Waals surface area contributed by atoms with E-state index in [1.165, 1.54) is 5.56 Å². The molecule has 1 aromatic carbocycles. The van der Waals surface area contributed by atoms with Crippen LogP contribution in [0.4, 0.5) is 5.95 Å². The monoisotopic (exact) mass is 351 g/mol. The molecule has 1 heterocycles. The third kappa shape index (κ3) is 4.60. The minimum absolute atomic E-state index is 0.0668. The molecule has 0 radical (unpaired) electrons. The van der Waals surface area contributed by atoms with Crippen LogP contribution >= 0.6 is 15.9 Å². The Morgan fingerprint density at radius 3 is 2.67 bits per heavy atom. The van der Waals surface area contributed by atoms with Gasteiger partial charge in [0, 0.05) is 0 Å². The second-order valence-corrected chi connectivity index (χ2v) is 5.57. The maximum Gasteiger partial charge on any atom is 0.232 e. The van der Waals surface area contributed by atoms with Crippen LogP contribution in [0.3, 0.4) is 0 Å². The molecule has 0 spiro atoms. The van der Waals surface area contributed by atoms with Crippen molar-refractivity contribution in [3.05, 3.63) is 40.5 Å². The number of rotatable bonds is 6. The van der Waals surface area contributed by atoms with Crippen molar-refractivity contribution in [2.24, 2.45) is 0 Å². The van der Waals surface area contributed by atoms with Gasteiger partial charge in [-0.3, -0.25) is 0 Å². The van der Waals surface area contributed by atoms with Crippen molar-refractivity contribution in [1.82, 2.24) is 9.97 Å². The molecule has 1 atom stereocenters. The number of methoxy groups -OCH3 is 1. The van der Waals surface area contributed by atoms with Gasteiger partial charge in [-0.25, -0.2) is 4.98 Å². The van der Waals surface area contributed by atoms with Crippen molar-refractivity contribution < 1.29 is 9.47 Å². The molecule has 0 bridgehead atoms. The first kappa shape index (κ1) is 15.6. The Bertz CT molecular complexity index is 590. The highest BCUT2D eigenvalue weighted by Crippen LogP contribution is 2.22. The summed E-state index contributed by atoms with van der Waals surface area (Å²) in [4.78, 5) is 8.44. The number of aryl methyl sites for hydroxylation is 1. The minimum atomic E-state index is 0.0668. The van der Waals surface area contributed by atoms with Crippen LogP contribution in [0.1, 0.15) is 12.5 Å². The Labute approximate surface area is 132 Å². The van der Waals surface area contributed by atoms with E-state index in [1.807, 2.05) is 38.1 Å². The third-order valence-electron chi connectivity index (χ3n) is 2.80.